The van der Waals surface area contributed by atoms with Gasteiger partial charge in [0.1, 0.15) is 6.10 Å². The quantitative estimate of drug-likeness (QED) is 0.278. The zero-order valence-electron chi connectivity index (χ0n) is 17.8. The van der Waals surface area contributed by atoms with Crippen LogP contribution in [0.2, 0.25) is 0 Å². The molecule has 1 N–H and O–H groups in total. The third-order valence-electron chi connectivity index (χ3n) is 5.38. The third-order valence-corrected chi connectivity index (χ3v) is 5.38. The molecule has 28 heavy (non-hydrogen) atoms. The lowest BCUT2D eigenvalue weighted by Crippen LogP contribution is -2.18. The van der Waals surface area contributed by atoms with E-state index >= 15 is 0 Å². The molecule has 0 aromatic carbocycles. The van der Waals surface area contributed by atoms with E-state index in [1.807, 2.05) is 6.08 Å². The minimum atomic E-state index is -0.290. The van der Waals surface area contributed by atoms with Gasteiger partial charge in [-0.3, -0.25) is 9.59 Å². The summed E-state index contributed by atoms with van der Waals surface area (Å²) in [6.45, 7) is 3.61. The van der Waals surface area contributed by atoms with Crippen molar-refractivity contribution < 1.29 is 24.2 Å². The van der Waals surface area contributed by atoms with E-state index in [9.17, 15) is 14.7 Å². The standard InChI is InChI=1S/C23H38O5/c1-4-5-8-11-20(28-18(2)24)16-14-19-15-17-22(25)21(19)12-9-6-7-10-13-23(26)27-3/h6,9,14,16,19-22,25H,4-5,7-8,10-13,15,17H2,1-3H3/t19-,20?,21+,22?/m0/s1. The van der Waals surface area contributed by atoms with E-state index in [4.69, 9.17) is 4.74 Å². The van der Waals surface area contributed by atoms with Crippen molar-refractivity contribution in [3.8, 4) is 0 Å². The van der Waals surface area contributed by atoms with Gasteiger partial charge in [-0.05, 0) is 62.9 Å². The van der Waals surface area contributed by atoms with Crippen molar-refractivity contribution in [2.45, 2.75) is 90.3 Å². The Kier molecular flexibility index (Phi) is 12.5. The summed E-state index contributed by atoms with van der Waals surface area (Å²) in [5.74, 6) is 0.0795. The molecule has 1 rings (SSSR count). The number of aliphatic hydroxyl groups excluding tert-OH is 1. The number of unbranched alkanes of at least 4 members (excludes halogenated alkanes) is 3. The minimum absolute atomic E-state index is 0.170. The Balaban J connectivity index is 2.51. The van der Waals surface area contributed by atoms with Crippen molar-refractivity contribution in [3.63, 3.8) is 0 Å². The molecular weight excluding hydrogens is 356 g/mol. The van der Waals surface area contributed by atoms with Gasteiger partial charge in [0.15, 0.2) is 0 Å². The van der Waals surface area contributed by atoms with Gasteiger partial charge >= 0.3 is 11.9 Å². The molecule has 0 spiro atoms. The number of aliphatic hydroxyl groups is 1. The van der Waals surface area contributed by atoms with Gasteiger partial charge in [-0.2, -0.15) is 0 Å². The molecule has 0 bridgehead atoms. The highest BCUT2D eigenvalue weighted by atomic mass is 16.5. The first-order valence-electron chi connectivity index (χ1n) is 10.7. The number of ether oxygens (including phenoxy) is 2. The third kappa shape index (κ3) is 10.1. The Labute approximate surface area is 170 Å². The van der Waals surface area contributed by atoms with Crippen LogP contribution in [0.5, 0.6) is 0 Å². The molecule has 0 aliphatic heterocycles. The average Bonchev–Trinajstić information content (AvgIpc) is 3.01. The van der Waals surface area contributed by atoms with Crippen LogP contribution in [0.15, 0.2) is 24.3 Å². The summed E-state index contributed by atoms with van der Waals surface area (Å²) in [4.78, 5) is 22.5. The Bertz CT molecular complexity index is 511. The van der Waals surface area contributed by atoms with E-state index in [1.54, 1.807) is 0 Å². The number of allylic oxidation sites excluding steroid dienone is 3. The van der Waals surface area contributed by atoms with Crippen molar-refractivity contribution in [1.29, 1.82) is 0 Å². The van der Waals surface area contributed by atoms with Crippen LogP contribution in [0.25, 0.3) is 0 Å². The molecule has 0 radical (unpaired) electrons. The highest BCUT2D eigenvalue weighted by molar-refractivity contribution is 5.69. The number of rotatable bonds is 13. The summed E-state index contributed by atoms with van der Waals surface area (Å²) >= 11 is 0. The lowest BCUT2D eigenvalue weighted by molar-refractivity contribution is -0.144. The summed E-state index contributed by atoms with van der Waals surface area (Å²) in [7, 11) is 1.41. The lowest BCUT2D eigenvalue weighted by atomic mass is 9.90. The number of esters is 2. The predicted molar refractivity (Wildman–Crippen MR) is 111 cm³/mol. The zero-order chi connectivity index (χ0) is 20.8. The van der Waals surface area contributed by atoms with Gasteiger partial charge in [-0.25, -0.2) is 0 Å². The smallest absolute Gasteiger partial charge is 0.305 e. The highest BCUT2D eigenvalue weighted by Crippen LogP contribution is 2.36. The summed E-state index contributed by atoms with van der Waals surface area (Å²) in [5, 5.41) is 10.3. The van der Waals surface area contributed by atoms with Gasteiger partial charge in [0.25, 0.3) is 0 Å². The van der Waals surface area contributed by atoms with E-state index in [0.29, 0.717) is 12.3 Å². The molecule has 0 heterocycles. The lowest BCUT2D eigenvalue weighted by Gasteiger charge is -2.19. The van der Waals surface area contributed by atoms with Gasteiger partial charge in [0.2, 0.25) is 0 Å². The Morgan fingerprint density at radius 3 is 2.64 bits per heavy atom. The van der Waals surface area contributed by atoms with Crippen molar-refractivity contribution in [1.82, 2.24) is 0 Å². The summed E-state index contributed by atoms with van der Waals surface area (Å²) in [5.41, 5.74) is 0. The maximum atomic E-state index is 11.4. The van der Waals surface area contributed by atoms with E-state index < -0.39 is 0 Å². The van der Waals surface area contributed by atoms with Crippen LogP contribution in [0.3, 0.4) is 0 Å². The second-order valence-electron chi connectivity index (χ2n) is 7.68. The molecule has 0 aromatic rings. The molecule has 160 valence electrons. The zero-order valence-corrected chi connectivity index (χ0v) is 17.8. The predicted octanol–water partition coefficient (Wildman–Crippen LogP) is 4.73. The Morgan fingerprint density at radius 2 is 1.96 bits per heavy atom. The molecule has 1 fully saturated rings. The van der Waals surface area contributed by atoms with Crippen LogP contribution in [-0.2, 0) is 19.1 Å². The molecule has 0 amide bonds. The Hall–Kier alpha value is -1.62. The summed E-state index contributed by atoms with van der Waals surface area (Å²) < 4.78 is 10.1. The van der Waals surface area contributed by atoms with Crippen molar-refractivity contribution in [3.05, 3.63) is 24.3 Å². The summed E-state index contributed by atoms with van der Waals surface area (Å²) in [6, 6.07) is 0. The fourth-order valence-electron chi connectivity index (χ4n) is 3.75. The van der Waals surface area contributed by atoms with E-state index in [1.165, 1.54) is 14.0 Å². The van der Waals surface area contributed by atoms with Crippen LogP contribution in [0.4, 0.5) is 0 Å². The van der Waals surface area contributed by atoms with Crippen LogP contribution in [0.1, 0.15) is 78.1 Å². The molecule has 0 saturated heterocycles. The fourth-order valence-corrected chi connectivity index (χ4v) is 3.75. The van der Waals surface area contributed by atoms with Gasteiger partial charge in [0.05, 0.1) is 13.2 Å². The van der Waals surface area contributed by atoms with Gasteiger partial charge in [-0.15, -0.1) is 0 Å². The molecular formula is C23H38O5. The second kappa shape index (κ2) is 14.4. The molecule has 1 aliphatic carbocycles. The average molecular weight is 395 g/mol. The first-order chi connectivity index (χ1) is 13.5. The molecule has 0 aromatic heterocycles. The number of methoxy groups -OCH3 is 1. The molecule has 5 heteroatoms. The molecule has 1 aliphatic rings. The molecule has 2 unspecified atom stereocenters. The largest absolute Gasteiger partial charge is 0.469 e. The van der Waals surface area contributed by atoms with Crippen LogP contribution in [0, 0.1) is 11.8 Å². The minimum Gasteiger partial charge on any atom is -0.469 e. The van der Waals surface area contributed by atoms with E-state index in [0.717, 1.165) is 57.8 Å². The van der Waals surface area contributed by atoms with Gasteiger partial charge < -0.3 is 14.6 Å². The van der Waals surface area contributed by atoms with Crippen LogP contribution in [-0.4, -0.2) is 36.4 Å². The number of carbonyl (C=O) groups excluding carboxylic acids is 2. The van der Waals surface area contributed by atoms with Gasteiger partial charge in [0, 0.05) is 13.3 Å². The van der Waals surface area contributed by atoms with Crippen LogP contribution >= 0.6 is 0 Å². The molecule has 1 saturated carbocycles. The number of hydrogen-bond donors (Lipinski definition) is 1. The highest BCUT2D eigenvalue weighted by Gasteiger charge is 2.32. The fraction of sp³-hybridized carbons (Fsp3) is 0.739. The van der Waals surface area contributed by atoms with Crippen molar-refractivity contribution in [2.75, 3.05) is 7.11 Å². The SMILES string of the molecule is CCCCCC(C=C[C@H]1CCC(O)[C@@H]1CC=CCCCC(=O)OC)OC(C)=O. The Morgan fingerprint density at radius 1 is 1.18 bits per heavy atom. The molecule has 5 nitrogen and oxygen atoms in total. The number of carbonyl (C=O) groups is 2. The van der Waals surface area contributed by atoms with Crippen molar-refractivity contribution >= 4 is 11.9 Å². The maximum absolute atomic E-state index is 11.4. The van der Waals surface area contributed by atoms with E-state index in [-0.39, 0.29) is 30.1 Å². The van der Waals surface area contributed by atoms with E-state index in [2.05, 4.69) is 29.9 Å². The summed E-state index contributed by atoms with van der Waals surface area (Å²) in [6.07, 6.45) is 16.7. The second-order valence-corrected chi connectivity index (χ2v) is 7.68. The normalized spacial score (nSPS) is 23.4. The first-order valence-corrected chi connectivity index (χ1v) is 10.7. The topological polar surface area (TPSA) is 72.8 Å². The van der Waals surface area contributed by atoms with Crippen molar-refractivity contribution in [2.24, 2.45) is 11.8 Å². The van der Waals surface area contributed by atoms with Gasteiger partial charge in [-0.1, -0.05) is 38.0 Å². The van der Waals surface area contributed by atoms with Crippen LogP contribution < -0.4 is 0 Å². The maximum Gasteiger partial charge on any atom is 0.305 e. The number of hydrogen-bond acceptors (Lipinski definition) is 5. The monoisotopic (exact) mass is 394 g/mol. The molecule has 4 atom stereocenters. The first kappa shape index (κ1) is 24.4.